The molecule has 1 saturated carbocycles. The molecule has 1 fully saturated rings. The third-order valence-corrected chi connectivity index (χ3v) is 3.74. The molecule has 1 aromatic rings. The molecule has 0 unspecified atom stereocenters. The van der Waals surface area contributed by atoms with E-state index in [1.54, 1.807) is 6.07 Å². The highest BCUT2D eigenvalue weighted by Crippen LogP contribution is 2.18. The lowest BCUT2D eigenvalue weighted by Crippen LogP contribution is -2.36. The number of aryl methyl sites for hydroxylation is 1. The Morgan fingerprint density at radius 2 is 2.06 bits per heavy atom. The number of aromatic nitrogens is 2. The Morgan fingerprint density at radius 3 is 2.72 bits per heavy atom. The van der Waals surface area contributed by atoms with Gasteiger partial charge >= 0.3 is 0 Å². The van der Waals surface area contributed by atoms with Gasteiger partial charge in [-0.15, -0.1) is 0 Å². The van der Waals surface area contributed by atoms with E-state index >= 15 is 0 Å². The van der Waals surface area contributed by atoms with Crippen LogP contribution in [-0.2, 0) is 0 Å². The van der Waals surface area contributed by atoms with Crippen LogP contribution in [0.1, 0.15) is 48.3 Å². The standard InChI is InChI=1S/C13H19N3OS/c1-9-8-11(16-13(14-9)18-2)12(17)15-10-6-4-3-5-7-10/h8,10H,3-7H2,1-2H3,(H,15,17). The first kappa shape index (κ1) is 13.3. The lowest BCUT2D eigenvalue weighted by Gasteiger charge is -2.22. The van der Waals surface area contributed by atoms with Gasteiger partial charge in [0.1, 0.15) is 5.69 Å². The van der Waals surface area contributed by atoms with Crippen molar-refractivity contribution in [1.29, 1.82) is 0 Å². The molecule has 0 saturated heterocycles. The number of hydrogen-bond donors (Lipinski definition) is 1. The summed E-state index contributed by atoms with van der Waals surface area (Å²) in [5, 5.41) is 3.73. The van der Waals surface area contributed by atoms with Gasteiger partial charge in [0.15, 0.2) is 5.16 Å². The van der Waals surface area contributed by atoms with E-state index in [4.69, 9.17) is 0 Å². The third-order valence-electron chi connectivity index (χ3n) is 3.19. The van der Waals surface area contributed by atoms with Gasteiger partial charge in [0.2, 0.25) is 0 Å². The Balaban J connectivity index is 2.05. The molecule has 1 aromatic heterocycles. The maximum atomic E-state index is 12.1. The highest BCUT2D eigenvalue weighted by atomic mass is 32.2. The van der Waals surface area contributed by atoms with E-state index in [0.717, 1.165) is 18.5 Å². The quantitative estimate of drug-likeness (QED) is 0.674. The number of carbonyl (C=O) groups excluding carboxylic acids is 1. The monoisotopic (exact) mass is 265 g/mol. The third kappa shape index (κ3) is 3.45. The van der Waals surface area contributed by atoms with Crippen LogP contribution >= 0.6 is 11.8 Å². The lowest BCUT2D eigenvalue weighted by atomic mass is 9.95. The minimum Gasteiger partial charge on any atom is -0.348 e. The molecule has 0 spiro atoms. The van der Waals surface area contributed by atoms with Crippen LogP contribution in [0.15, 0.2) is 11.2 Å². The fraction of sp³-hybridized carbons (Fsp3) is 0.615. The van der Waals surface area contributed by atoms with Crippen molar-refractivity contribution >= 4 is 17.7 Å². The topological polar surface area (TPSA) is 54.9 Å². The Bertz CT molecular complexity index is 430. The van der Waals surface area contributed by atoms with Crippen molar-refractivity contribution in [3.05, 3.63) is 17.5 Å². The van der Waals surface area contributed by atoms with Crippen LogP contribution in [0.25, 0.3) is 0 Å². The minimum atomic E-state index is -0.0669. The number of thioether (sulfide) groups is 1. The summed E-state index contributed by atoms with van der Waals surface area (Å²) in [4.78, 5) is 20.6. The van der Waals surface area contributed by atoms with Gasteiger partial charge in [-0.25, -0.2) is 9.97 Å². The van der Waals surface area contributed by atoms with Crippen LogP contribution in [0.4, 0.5) is 0 Å². The van der Waals surface area contributed by atoms with Gasteiger partial charge in [-0.1, -0.05) is 31.0 Å². The first-order valence-corrected chi connectivity index (χ1v) is 7.62. The predicted molar refractivity (Wildman–Crippen MR) is 72.9 cm³/mol. The number of amides is 1. The average Bonchev–Trinajstić information content (AvgIpc) is 2.39. The fourth-order valence-electron chi connectivity index (χ4n) is 2.26. The number of nitrogens with zero attached hydrogens (tertiary/aromatic N) is 2. The van der Waals surface area contributed by atoms with Gasteiger partial charge in [-0.05, 0) is 32.1 Å². The zero-order valence-electron chi connectivity index (χ0n) is 10.9. The summed E-state index contributed by atoms with van der Waals surface area (Å²) in [5.74, 6) is -0.0669. The summed E-state index contributed by atoms with van der Waals surface area (Å²) in [6, 6.07) is 2.07. The number of hydrogen-bond acceptors (Lipinski definition) is 4. The summed E-state index contributed by atoms with van der Waals surface area (Å²) in [6.07, 6.45) is 7.80. The van der Waals surface area contributed by atoms with Crippen molar-refractivity contribution in [3.8, 4) is 0 Å². The molecule has 1 amide bonds. The molecular weight excluding hydrogens is 246 g/mol. The summed E-state index contributed by atoms with van der Waals surface area (Å²) in [5.41, 5.74) is 1.32. The fourth-order valence-corrected chi connectivity index (χ4v) is 2.68. The molecule has 1 N–H and O–H groups in total. The molecule has 2 rings (SSSR count). The van der Waals surface area contributed by atoms with Gasteiger partial charge < -0.3 is 5.32 Å². The molecule has 0 atom stereocenters. The summed E-state index contributed by atoms with van der Waals surface area (Å²) < 4.78 is 0. The summed E-state index contributed by atoms with van der Waals surface area (Å²) in [6.45, 7) is 1.89. The zero-order chi connectivity index (χ0) is 13.0. The molecule has 18 heavy (non-hydrogen) atoms. The van der Waals surface area contributed by atoms with Crippen LogP contribution < -0.4 is 5.32 Å². The summed E-state index contributed by atoms with van der Waals surface area (Å²) >= 11 is 1.46. The predicted octanol–water partition coefficient (Wildman–Crippen LogP) is 2.57. The molecule has 1 aliphatic carbocycles. The van der Waals surface area contributed by atoms with E-state index < -0.39 is 0 Å². The molecule has 4 nitrogen and oxygen atoms in total. The van der Waals surface area contributed by atoms with Crippen molar-refractivity contribution in [2.75, 3.05) is 6.26 Å². The molecular formula is C13H19N3OS. The molecule has 98 valence electrons. The smallest absolute Gasteiger partial charge is 0.270 e. The van der Waals surface area contributed by atoms with Crippen molar-refractivity contribution in [3.63, 3.8) is 0 Å². The Labute approximate surface area is 112 Å². The molecule has 1 aliphatic rings. The van der Waals surface area contributed by atoms with Crippen LogP contribution in [0.2, 0.25) is 0 Å². The Hall–Kier alpha value is -1.10. The second-order valence-electron chi connectivity index (χ2n) is 4.69. The van der Waals surface area contributed by atoms with Crippen LogP contribution in [0, 0.1) is 6.92 Å². The normalized spacial score (nSPS) is 16.6. The molecule has 0 aliphatic heterocycles. The molecule has 5 heteroatoms. The first-order valence-electron chi connectivity index (χ1n) is 6.39. The van der Waals surface area contributed by atoms with E-state index in [-0.39, 0.29) is 5.91 Å². The van der Waals surface area contributed by atoms with Crippen LogP contribution in [0.5, 0.6) is 0 Å². The zero-order valence-corrected chi connectivity index (χ0v) is 11.7. The van der Waals surface area contributed by atoms with Gasteiger partial charge in [0.25, 0.3) is 5.91 Å². The Morgan fingerprint density at radius 1 is 1.33 bits per heavy atom. The second-order valence-corrected chi connectivity index (χ2v) is 5.46. The van der Waals surface area contributed by atoms with Gasteiger partial charge in [0.05, 0.1) is 0 Å². The largest absolute Gasteiger partial charge is 0.348 e. The van der Waals surface area contributed by atoms with E-state index in [1.807, 2.05) is 13.2 Å². The molecule has 0 radical (unpaired) electrons. The maximum Gasteiger partial charge on any atom is 0.270 e. The van der Waals surface area contributed by atoms with E-state index in [1.165, 1.54) is 31.0 Å². The van der Waals surface area contributed by atoms with Crippen molar-refractivity contribution in [2.24, 2.45) is 0 Å². The second kappa shape index (κ2) is 6.18. The number of nitrogens with one attached hydrogen (secondary N) is 1. The minimum absolute atomic E-state index is 0.0669. The molecule has 0 bridgehead atoms. The van der Waals surface area contributed by atoms with Crippen LogP contribution in [-0.4, -0.2) is 28.2 Å². The number of carbonyl (C=O) groups is 1. The molecule has 0 aromatic carbocycles. The SMILES string of the molecule is CSc1nc(C)cc(C(=O)NC2CCCCC2)n1. The summed E-state index contributed by atoms with van der Waals surface area (Å²) in [7, 11) is 0. The maximum absolute atomic E-state index is 12.1. The van der Waals surface area contributed by atoms with E-state index in [0.29, 0.717) is 16.9 Å². The van der Waals surface area contributed by atoms with Gasteiger partial charge in [0, 0.05) is 11.7 Å². The average molecular weight is 265 g/mol. The molecule has 1 heterocycles. The van der Waals surface area contributed by atoms with Gasteiger partial charge in [-0.2, -0.15) is 0 Å². The Kier molecular flexibility index (Phi) is 4.58. The van der Waals surface area contributed by atoms with Gasteiger partial charge in [-0.3, -0.25) is 4.79 Å². The van der Waals surface area contributed by atoms with Crippen LogP contribution in [0.3, 0.4) is 0 Å². The van der Waals surface area contributed by atoms with E-state index in [9.17, 15) is 4.79 Å². The van der Waals surface area contributed by atoms with Crippen molar-refractivity contribution < 1.29 is 4.79 Å². The van der Waals surface area contributed by atoms with Crippen molar-refractivity contribution in [1.82, 2.24) is 15.3 Å². The highest BCUT2D eigenvalue weighted by molar-refractivity contribution is 7.98. The van der Waals surface area contributed by atoms with E-state index in [2.05, 4.69) is 15.3 Å². The lowest BCUT2D eigenvalue weighted by molar-refractivity contribution is 0.0921. The number of rotatable bonds is 3. The van der Waals surface area contributed by atoms with Crippen molar-refractivity contribution in [2.45, 2.75) is 50.2 Å². The first-order chi connectivity index (χ1) is 8.69. The highest BCUT2D eigenvalue weighted by Gasteiger charge is 2.18.